The fraction of sp³-hybridized carbons (Fsp3) is 0.562. The third kappa shape index (κ3) is 4.73. The zero-order chi connectivity index (χ0) is 17.7. The van der Waals surface area contributed by atoms with E-state index in [1.807, 2.05) is 0 Å². The molecule has 2 unspecified atom stereocenters. The minimum Gasteiger partial charge on any atom is -0.493 e. The number of nitrogens with zero attached hydrogens (tertiary/aromatic N) is 1. The molecule has 1 aliphatic rings. The predicted molar refractivity (Wildman–Crippen MR) is 95.7 cm³/mol. The number of nitro groups is 1. The number of nitro benzene ring substituents is 1. The summed E-state index contributed by atoms with van der Waals surface area (Å²) in [6.45, 7) is 2.62. The van der Waals surface area contributed by atoms with Gasteiger partial charge in [-0.15, -0.1) is 12.4 Å². The van der Waals surface area contributed by atoms with Crippen molar-refractivity contribution >= 4 is 24.0 Å². The van der Waals surface area contributed by atoms with Crippen LogP contribution in [0.4, 0.5) is 5.69 Å². The number of methoxy groups -OCH3 is 1. The normalized spacial score (nSPS) is 19.0. The molecule has 1 aromatic rings. The second-order valence-electron chi connectivity index (χ2n) is 5.72. The summed E-state index contributed by atoms with van der Waals surface area (Å²) in [5.41, 5.74) is 5.38. The maximum atomic E-state index is 12.6. The minimum atomic E-state index is -0.595. The first-order chi connectivity index (χ1) is 11.5. The summed E-state index contributed by atoms with van der Waals surface area (Å²) in [7, 11) is 1.39. The molecule has 2 rings (SSSR count). The number of halogens is 1. The highest BCUT2D eigenvalue weighted by atomic mass is 35.5. The van der Waals surface area contributed by atoms with Crippen molar-refractivity contribution in [2.24, 2.45) is 11.7 Å². The lowest BCUT2D eigenvalue weighted by Crippen LogP contribution is -2.40. The average molecular weight is 374 g/mol. The Morgan fingerprint density at radius 1 is 1.40 bits per heavy atom. The number of nitrogens with two attached hydrogens (primary N) is 1. The third-order valence-corrected chi connectivity index (χ3v) is 4.30. The fourth-order valence-corrected chi connectivity index (χ4v) is 3.07. The van der Waals surface area contributed by atoms with Crippen LogP contribution < -0.4 is 20.5 Å². The van der Waals surface area contributed by atoms with E-state index in [2.05, 4.69) is 5.32 Å². The van der Waals surface area contributed by atoms with Crippen LogP contribution in [0.5, 0.6) is 11.5 Å². The molecule has 8 nitrogen and oxygen atoms in total. The van der Waals surface area contributed by atoms with Gasteiger partial charge in [0.15, 0.2) is 11.5 Å². The molecule has 1 amide bonds. The third-order valence-electron chi connectivity index (χ3n) is 4.30. The maximum Gasteiger partial charge on any atom is 0.286 e. The van der Waals surface area contributed by atoms with Crippen molar-refractivity contribution in [3.05, 3.63) is 27.8 Å². The Bertz CT molecular complexity index is 626. The van der Waals surface area contributed by atoms with Crippen LogP contribution in [-0.2, 0) is 0 Å². The van der Waals surface area contributed by atoms with E-state index in [0.29, 0.717) is 18.9 Å². The summed E-state index contributed by atoms with van der Waals surface area (Å²) in [6, 6.07) is 2.52. The number of hydrogen-bond acceptors (Lipinski definition) is 6. The van der Waals surface area contributed by atoms with E-state index in [4.69, 9.17) is 15.2 Å². The Morgan fingerprint density at radius 3 is 2.68 bits per heavy atom. The van der Waals surface area contributed by atoms with Crippen molar-refractivity contribution in [3.8, 4) is 11.5 Å². The molecule has 140 valence electrons. The summed E-state index contributed by atoms with van der Waals surface area (Å²) in [4.78, 5) is 23.3. The van der Waals surface area contributed by atoms with Crippen LogP contribution in [0.15, 0.2) is 12.1 Å². The van der Waals surface area contributed by atoms with Gasteiger partial charge >= 0.3 is 0 Å². The van der Waals surface area contributed by atoms with Gasteiger partial charge in [0, 0.05) is 12.1 Å². The van der Waals surface area contributed by atoms with Crippen LogP contribution in [0.1, 0.15) is 36.5 Å². The molecule has 0 aromatic heterocycles. The van der Waals surface area contributed by atoms with Gasteiger partial charge in [0.2, 0.25) is 0 Å². The van der Waals surface area contributed by atoms with Gasteiger partial charge in [-0.2, -0.15) is 0 Å². The average Bonchev–Trinajstić information content (AvgIpc) is 3.01. The topological polar surface area (TPSA) is 117 Å². The second-order valence-corrected chi connectivity index (χ2v) is 5.72. The second kappa shape index (κ2) is 9.43. The van der Waals surface area contributed by atoms with Crippen molar-refractivity contribution in [3.63, 3.8) is 0 Å². The monoisotopic (exact) mass is 373 g/mol. The highest BCUT2D eigenvalue weighted by Crippen LogP contribution is 2.35. The number of nitrogens with one attached hydrogen (secondary N) is 1. The van der Waals surface area contributed by atoms with E-state index >= 15 is 0 Å². The van der Waals surface area contributed by atoms with Gasteiger partial charge in [0.1, 0.15) is 5.56 Å². The summed E-state index contributed by atoms with van der Waals surface area (Å²) in [5, 5.41) is 14.2. The molecule has 1 aromatic carbocycles. The molecule has 0 aliphatic heterocycles. The first-order valence-corrected chi connectivity index (χ1v) is 8.01. The Kier molecular flexibility index (Phi) is 7.92. The molecule has 0 spiro atoms. The molecular weight excluding hydrogens is 350 g/mol. The first kappa shape index (κ1) is 21.0. The number of carbonyl (C=O) groups excluding carboxylic acids is 1. The van der Waals surface area contributed by atoms with E-state index in [1.165, 1.54) is 19.2 Å². The molecule has 1 saturated carbocycles. The maximum absolute atomic E-state index is 12.6. The van der Waals surface area contributed by atoms with Crippen LogP contribution >= 0.6 is 12.4 Å². The van der Waals surface area contributed by atoms with Crippen LogP contribution in [-0.4, -0.2) is 37.1 Å². The highest BCUT2D eigenvalue weighted by Gasteiger charge is 2.31. The molecule has 1 aliphatic carbocycles. The zero-order valence-electron chi connectivity index (χ0n) is 14.3. The van der Waals surface area contributed by atoms with Crippen molar-refractivity contribution in [1.82, 2.24) is 5.32 Å². The van der Waals surface area contributed by atoms with Crippen LogP contribution in [0, 0.1) is 16.0 Å². The first-order valence-electron chi connectivity index (χ1n) is 8.01. The van der Waals surface area contributed by atoms with E-state index < -0.39 is 10.8 Å². The lowest BCUT2D eigenvalue weighted by Gasteiger charge is -2.20. The molecule has 9 heteroatoms. The molecule has 0 radical (unpaired) electrons. The van der Waals surface area contributed by atoms with Crippen molar-refractivity contribution in [2.75, 3.05) is 20.3 Å². The quantitative estimate of drug-likeness (QED) is 0.559. The highest BCUT2D eigenvalue weighted by molar-refractivity contribution is 5.99. The largest absolute Gasteiger partial charge is 0.493 e. The Balaban J connectivity index is 0.00000312. The van der Waals surface area contributed by atoms with E-state index in [-0.39, 0.29) is 41.4 Å². The van der Waals surface area contributed by atoms with E-state index in [0.717, 1.165) is 19.3 Å². The van der Waals surface area contributed by atoms with Gasteiger partial charge in [-0.3, -0.25) is 14.9 Å². The Labute approximate surface area is 152 Å². The van der Waals surface area contributed by atoms with Gasteiger partial charge < -0.3 is 20.5 Å². The van der Waals surface area contributed by atoms with Crippen LogP contribution in [0.2, 0.25) is 0 Å². The number of ether oxygens (including phenoxy) is 2. The van der Waals surface area contributed by atoms with Crippen molar-refractivity contribution in [2.45, 2.75) is 32.2 Å². The fourth-order valence-electron chi connectivity index (χ4n) is 3.07. The standard InChI is InChI=1S/C16H23N3O5.ClH/c1-3-24-15-7-11(13(19(21)22)8-14(15)23-2)16(20)18-12-6-4-5-10(12)9-17;/h7-8,10,12H,3-6,9,17H2,1-2H3,(H,18,20);1H. The van der Waals surface area contributed by atoms with Crippen molar-refractivity contribution in [1.29, 1.82) is 0 Å². The van der Waals surface area contributed by atoms with E-state index in [9.17, 15) is 14.9 Å². The lowest BCUT2D eigenvalue weighted by atomic mass is 10.0. The molecule has 0 bridgehead atoms. The van der Waals surface area contributed by atoms with Gasteiger partial charge in [-0.05, 0) is 32.2 Å². The van der Waals surface area contributed by atoms with Crippen molar-refractivity contribution < 1.29 is 19.2 Å². The summed E-state index contributed by atoms with van der Waals surface area (Å²) < 4.78 is 10.5. The molecule has 0 heterocycles. The predicted octanol–water partition coefficient (Wildman–Crippen LogP) is 2.28. The summed E-state index contributed by atoms with van der Waals surface area (Å²) in [5.74, 6) is 0.242. The smallest absolute Gasteiger partial charge is 0.286 e. The molecule has 2 atom stereocenters. The van der Waals surface area contributed by atoms with Crippen LogP contribution in [0.3, 0.4) is 0 Å². The zero-order valence-corrected chi connectivity index (χ0v) is 15.1. The molecule has 1 fully saturated rings. The Hall–Kier alpha value is -2.06. The van der Waals surface area contributed by atoms with E-state index in [1.54, 1.807) is 6.92 Å². The number of amides is 1. The van der Waals surface area contributed by atoms with Gasteiger partial charge in [0.25, 0.3) is 11.6 Å². The number of hydrogen-bond donors (Lipinski definition) is 2. The molecule has 0 saturated heterocycles. The lowest BCUT2D eigenvalue weighted by molar-refractivity contribution is -0.385. The molecule has 25 heavy (non-hydrogen) atoms. The van der Waals surface area contributed by atoms with Gasteiger partial charge in [-0.1, -0.05) is 6.42 Å². The minimum absolute atomic E-state index is 0. The number of benzene rings is 1. The number of rotatable bonds is 7. The summed E-state index contributed by atoms with van der Waals surface area (Å²) >= 11 is 0. The molecular formula is C16H24ClN3O5. The van der Waals surface area contributed by atoms with Gasteiger partial charge in [-0.25, -0.2) is 0 Å². The number of carbonyl (C=O) groups is 1. The summed E-state index contributed by atoms with van der Waals surface area (Å²) in [6.07, 6.45) is 2.77. The van der Waals surface area contributed by atoms with Crippen LogP contribution in [0.25, 0.3) is 0 Å². The van der Waals surface area contributed by atoms with Gasteiger partial charge in [0.05, 0.1) is 24.7 Å². The molecule has 3 N–H and O–H groups in total. The SMILES string of the molecule is CCOc1cc(C(=O)NC2CCCC2CN)c([N+](=O)[O-])cc1OC.Cl. The Morgan fingerprint density at radius 2 is 2.12 bits per heavy atom.